The minimum Gasteiger partial charge on any atom is -0.478 e. The zero-order valence-electron chi connectivity index (χ0n) is 11.2. The third-order valence-electron chi connectivity index (χ3n) is 3.70. The first-order valence-corrected chi connectivity index (χ1v) is 6.48. The van der Waals surface area contributed by atoms with Crippen LogP contribution >= 0.6 is 0 Å². The lowest BCUT2D eigenvalue weighted by Crippen LogP contribution is -2.44. The van der Waals surface area contributed by atoms with Crippen molar-refractivity contribution in [2.45, 2.75) is 44.8 Å². The van der Waals surface area contributed by atoms with E-state index in [4.69, 9.17) is 5.11 Å². The van der Waals surface area contributed by atoms with Gasteiger partial charge in [-0.05, 0) is 19.8 Å². The first kappa shape index (κ1) is 13.7. The summed E-state index contributed by atoms with van der Waals surface area (Å²) in [6.45, 7) is 1.65. The van der Waals surface area contributed by atoms with Crippen LogP contribution in [0.2, 0.25) is 0 Å². The molecule has 6 heteroatoms. The molecule has 0 amide bonds. The summed E-state index contributed by atoms with van der Waals surface area (Å²) in [4.78, 5) is 21.1. The Morgan fingerprint density at radius 2 is 2.11 bits per heavy atom. The summed E-state index contributed by atoms with van der Waals surface area (Å²) in [6, 6.07) is 0.00354. The topological polar surface area (TPSA) is 86.5 Å². The molecular formula is C13H19N3O3. The number of hydrogen-bond acceptors (Lipinski definition) is 5. The van der Waals surface area contributed by atoms with E-state index in [1.165, 1.54) is 6.20 Å². The van der Waals surface area contributed by atoms with Crippen molar-refractivity contribution in [3.8, 4) is 0 Å². The summed E-state index contributed by atoms with van der Waals surface area (Å²) in [5.41, 5.74) is 0.552. The number of aliphatic hydroxyl groups is 1. The zero-order chi connectivity index (χ0) is 14.0. The summed E-state index contributed by atoms with van der Waals surface area (Å²) in [5, 5.41) is 19.0. The van der Waals surface area contributed by atoms with Crippen molar-refractivity contribution in [1.82, 2.24) is 9.97 Å². The number of rotatable bonds is 3. The van der Waals surface area contributed by atoms with Gasteiger partial charge in [0.25, 0.3) is 0 Å². The number of carboxylic acid groups (broad SMARTS) is 1. The van der Waals surface area contributed by atoms with Gasteiger partial charge in [-0.15, -0.1) is 0 Å². The van der Waals surface area contributed by atoms with Gasteiger partial charge in [-0.3, -0.25) is 0 Å². The minimum absolute atomic E-state index is 0.00354. The summed E-state index contributed by atoms with van der Waals surface area (Å²) in [7, 11) is 1.84. The van der Waals surface area contributed by atoms with Crippen LogP contribution in [0.25, 0.3) is 0 Å². The standard InChI is InChI=1S/C13H19N3O3/c1-8-9(12(18)19)7-14-13(15-8)16(2)10-5-3-4-6-11(10)17/h7,10-11,17H,3-6H2,1-2H3,(H,18,19). The SMILES string of the molecule is Cc1nc(N(C)C2CCCCC2O)ncc1C(=O)O. The van der Waals surface area contributed by atoms with Crippen LogP contribution in [0.4, 0.5) is 5.95 Å². The highest BCUT2D eigenvalue weighted by molar-refractivity contribution is 5.88. The smallest absolute Gasteiger partial charge is 0.339 e. The average Bonchev–Trinajstić information content (AvgIpc) is 2.38. The Bertz CT molecular complexity index is 478. The van der Waals surface area contributed by atoms with E-state index in [1.54, 1.807) is 6.92 Å². The molecule has 1 aliphatic rings. The Morgan fingerprint density at radius 3 is 2.68 bits per heavy atom. The summed E-state index contributed by atoms with van der Waals surface area (Å²) in [6.07, 6.45) is 4.77. The molecule has 0 spiro atoms. The molecule has 2 unspecified atom stereocenters. The lowest BCUT2D eigenvalue weighted by molar-refractivity contribution is 0.0695. The zero-order valence-corrected chi connectivity index (χ0v) is 11.2. The Morgan fingerprint density at radius 1 is 1.42 bits per heavy atom. The maximum atomic E-state index is 10.9. The van der Waals surface area contributed by atoms with Crippen molar-refractivity contribution < 1.29 is 15.0 Å². The van der Waals surface area contributed by atoms with Crippen LogP contribution in [0, 0.1) is 6.92 Å². The van der Waals surface area contributed by atoms with Gasteiger partial charge in [-0.2, -0.15) is 0 Å². The molecular weight excluding hydrogens is 246 g/mol. The molecule has 2 atom stereocenters. The molecule has 19 heavy (non-hydrogen) atoms. The molecule has 2 N–H and O–H groups in total. The van der Waals surface area contributed by atoms with Gasteiger partial charge < -0.3 is 15.1 Å². The highest BCUT2D eigenvalue weighted by Gasteiger charge is 2.28. The fourth-order valence-corrected chi connectivity index (χ4v) is 2.53. The molecule has 0 saturated heterocycles. The molecule has 1 fully saturated rings. The van der Waals surface area contributed by atoms with Gasteiger partial charge in [0.05, 0.1) is 23.4 Å². The first-order chi connectivity index (χ1) is 9.00. The van der Waals surface area contributed by atoms with E-state index < -0.39 is 5.97 Å². The maximum Gasteiger partial charge on any atom is 0.339 e. The first-order valence-electron chi connectivity index (χ1n) is 6.48. The van der Waals surface area contributed by atoms with Crippen LogP contribution < -0.4 is 4.90 Å². The van der Waals surface area contributed by atoms with Crippen LogP contribution in [0.15, 0.2) is 6.20 Å². The minimum atomic E-state index is -1.02. The molecule has 0 radical (unpaired) electrons. The number of carbonyl (C=O) groups is 1. The van der Waals surface area contributed by atoms with Crippen LogP contribution in [0.5, 0.6) is 0 Å². The fourth-order valence-electron chi connectivity index (χ4n) is 2.53. The molecule has 1 heterocycles. The number of aromatic carboxylic acids is 1. The number of aromatic nitrogens is 2. The van der Waals surface area contributed by atoms with E-state index >= 15 is 0 Å². The van der Waals surface area contributed by atoms with Gasteiger partial charge in [0, 0.05) is 13.2 Å². The maximum absolute atomic E-state index is 10.9. The monoisotopic (exact) mass is 265 g/mol. The predicted molar refractivity (Wildman–Crippen MR) is 70.4 cm³/mol. The third-order valence-corrected chi connectivity index (χ3v) is 3.70. The number of hydrogen-bond donors (Lipinski definition) is 2. The lowest BCUT2D eigenvalue weighted by atomic mass is 9.92. The van der Waals surface area contributed by atoms with Crippen molar-refractivity contribution in [3.05, 3.63) is 17.5 Å². The second-order valence-electron chi connectivity index (χ2n) is 5.00. The van der Waals surface area contributed by atoms with E-state index in [1.807, 2.05) is 11.9 Å². The van der Waals surface area contributed by atoms with Crippen LogP contribution in [0.3, 0.4) is 0 Å². The number of aliphatic hydroxyl groups excluding tert-OH is 1. The molecule has 1 aliphatic carbocycles. The Balaban J connectivity index is 2.21. The van der Waals surface area contributed by atoms with Crippen LogP contribution in [-0.2, 0) is 0 Å². The second-order valence-corrected chi connectivity index (χ2v) is 5.00. The molecule has 0 aliphatic heterocycles. The van der Waals surface area contributed by atoms with E-state index in [-0.39, 0.29) is 17.7 Å². The van der Waals surface area contributed by atoms with Crippen LogP contribution in [-0.4, -0.2) is 45.3 Å². The van der Waals surface area contributed by atoms with Gasteiger partial charge >= 0.3 is 5.97 Å². The number of aryl methyl sites for hydroxylation is 1. The second kappa shape index (κ2) is 5.52. The highest BCUT2D eigenvalue weighted by atomic mass is 16.4. The Labute approximate surface area is 112 Å². The largest absolute Gasteiger partial charge is 0.478 e. The van der Waals surface area contributed by atoms with Gasteiger partial charge in [0.1, 0.15) is 0 Å². The quantitative estimate of drug-likeness (QED) is 0.854. The number of anilines is 1. The van der Waals surface area contributed by atoms with Crippen LogP contribution in [0.1, 0.15) is 41.7 Å². The molecule has 2 rings (SSSR count). The molecule has 0 bridgehead atoms. The molecule has 1 aromatic heterocycles. The number of nitrogens with zero attached hydrogens (tertiary/aromatic N) is 3. The van der Waals surface area contributed by atoms with Crippen molar-refractivity contribution in [1.29, 1.82) is 0 Å². The van der Waals surface area contributed by atoms with Gasteiger partial charge in [0.15, 0.2) is 0 Å². The van der Waals surface area contributed by atoms with Crippen molar-refractivity contribution in [2.75, 3.05) is 11.9 Å². The van der Waals surface area contributed by atoms with E-state index in [2.05, 4.69) is 9.97 Å². The number of likely N-dealkylation sites (N-methyl/N-ethyl adjacent to an activating group) is 1. The van der Waals surface area contributed by atoms with Crippen molar-refractivity contribution in [3.63, 3.8) is 0 Å². The predicted octanol–water partition coefficient (Wildman–Crippen LogP) is 1.22. The van der Waals surface area contributed by atoms with Crippen molar-refractivity contribution >= 4 is 11.9 Å². The molecule has 1 aromatic rings. The lowest BCUT2D eigenvalue weighted by Gasteiger charge is -2.35. The van der Waals surface area contributed by atoms with Gasteiger partial charge in [0.2, 0.25) is 5.95 Å². The molecule has 0 aromatic carbocycles. The van der Waals surface area contributed by atoms with E-state index in [9.17, 15) is 9.90 Å². The normalized spacial score (nSPS) is 23.1. The van der Waals surface area contributed by atoms with Crippen molar-refractivity contribution in [2.24, 2.45) is 0 Å². The Kier molecular flexibility index (Phi) is 3.99. The van der Waals surface area contributed by atoms with E-state index in [0.29, 0.717) is 11.6 Å². The fraction of sp³-hybridized carbons (Fsp3) is 0.615. The third kappa shape index (κ3) is 2.84. The van der Waals surface area contributed by atoms with E-state index in [0.717, 1.165) is 25.7 Å². The Hall–Kier alpha value is -1.69. The van der Waals surface area contributed by atoms with Gasteiger partial charge in [-0.1, -0.05) is 12.8 Å². The van der Waals surface area contributed by atoms with Gasteiger partial charge in [-0.25, -0.2) is 14.8 Å². The summed E-state index contributed by atoms with van der Waals surface area (Å²) < 4.78 is 0. The highest BCUT2D eigenvalue weighted by Crippen LogP contribution is 2.25. The molecule has 6 nitrogen and oxygen atoms in total. The molecule has 104 valence electrons. The summed E-state index contributed by atoms with van der Waals surface area (Å²) in [5.74, 6) is -0.558. The average molecular weight is 265 g/mol. The number of carboxylic acids is 1. The summed E-state index contributed by atoms with van der Waals surface area (Å²) >= 11 is 0. The molecule has 1 saturated carbocycles.